The van der Waals surface area contributed by atoms with Crippen LogP contribution in [0.1, 0.15) is 39.2 Å². The van der Waals surface area contributed by atoms with E-state index < -0.39 is 66.3 Å². The first-order valence-corrected chi connectivity index (χ1v) is 11.2. The van der Waals surface area contributed by atoms with Gasteiger partial charge in [0.15, 0.2) is 0 Å². The SMILES string of the molecule is CC(C)CC(NC(=O)C(NC(=O)C(CC(N)=O)NC(=O)C(N)Cc1ccccc1)C(C)O)C(=O)O. The van der Waals surface area contributed by atoms with Crippen LogP contribution in [0.2, 0.25) is 0 Å². The fourth-order valence-corrected chi connectivity index (χ4v) is 3.26. The maximum atomic E-state index is 12.8. The Morgan fingerprint density at radius 2 is 1.46 bits per heavy atom. The van der Waals surface area contributed by atoms with Gasteiger partial charge in [0.2, 0.25) is 23.6 Å². The first kappa shape index (κ1) is 29.5. The van der Waals surface area contributed by atoms with Crippen LogP contribution in [0, 0.1) is 5.92 Å². The first-order chi connectivity index (χ1) is 16.3. The monoisotopic (exact) mass is 493 g/mol. The van der Waals surface area contributed by atoms with E-state index in [0.29, 0.717) is 0 Å². The van der Waals surface area contributed by atoms with Gasteiger partial charge in [-0.3, -0.25) is 19.2 Å². The number of aliphatic hydroxyl groups excluding tert-OH is 1. The van der Waals surface area contributed by atoms with Crippen LogP contribution in [0.3, 0.4) is 0 Å². The highest BCUT2D eigenvalue weighted by Gasteiger charge is 2.33. The molecular weight excluding hydrogens is 458 g/mol. The minimum atomic E-state index is -1.55. The van der Waals surface area contributed by atoms with Crippen LogP contribution in [-0.4, -0.2) is 70.1 Å². The molecule has 35 heavy (non-hydrogen) atoms. The molecule has 194 valence electrons. The van der Waals surface area contributed by atoms with Gasteiger partial charge >= 0.3 is 5.97 Å². The van der Waals surface area contributed by atoms with E-state index in [1.54, 1.807) is 44.2 Å². The highest BCUT2D eigenvalue weighted by atomic mass is 16.4. The number of carbonyl (C=O) groups is 5. The van der Waals surface area contributed by atoms with Gasteiger partial charge in [-0.2, -0.15) is 0 Å². The van der Waals surface area contributed by atoms with Crippen molar-refractivity contribution in [3.8, 4) is 0 Å². The number of benzene rings is 1. The first-order valence-electron chi connectivity index (χ1n) is 11.2. The van der Waals surface area contributed by atoms with Gasteiger partial charge in [-0.25, -0.2) is 4.79 Å². The van der Waals surface area contributed by atoms with Crippen molar-refractivity contribution in [1.29, 1.82) is 0 Å². The van der Waals surface area contributed by atoms with Crippen molar-refractivity contribution in [3.63, 3.8) is 0 Å². The largest absolute Gasteiger partial charge is 0.480 e. The zero-order valence-corrected chi connectivity index (χ0v) is 20.1. The van der Waals surface area contributed by atoms with Crippen molar-refractivity contribution in [3.05, 3.63) is 35.9 Å². The summed E-state index contributed by atoms with van der Waals surface area (Å²) >= 11 is 0. The number of nitrogens with one attached hydrogen (secondary N) is 3. The van der Waals surface area contributed by atoms with Crippen LogP contribution in [-0.2, 0) is 30.4 Å². The number of aliphatic carboxylic acids is 1. The molecule has 0 saturated heterocycles. The predicted molar refractivity (Wildman–Crippen MR) is 126 cm³/mol. The van der Waals surface area contributed by atoms with Crippen LogP contribution in [0.25, 0.3) is 0 Å². The van der Waals surface area contributed by atoms with Gasteiger partial charge in [-0.15, -0.1) is 0 Å². The van der Waals surface area contributed by atoms with Gasteiger partial charge in [0.05, 0.1) is 18.6 Å². The molecule has 0 heterocycles. The molecule has 1 aromatic carbocycles. The number of hydrogen-bond donors (Lipinski definition) is 7. The molecule has 12 heteroatoms. The zero-order valence-electron chi connectivity index (χ0n) is 20.1. The highest BCUT2D eigenvalue weighted by Crippen LogP contribution is 2.07. The van der Waals surface area contributed by atoms with Gasteiger partial charge in [0.25, 0.3) is 0 Å². The van der Waals surface area contributed by atoms with Gasteiger partial charge in [0, 0.05) is 0 Å². The molecule has 5 unspecified atom stereocenters. The van der Waals surface area contributed by atoms with Crippen LogP contribution in [0.5, 0.6) is 0 Å². The highest BCUT2D eigenvalue weighted by molar-refractivity contribution is 5.96. The third kappa shape index (κ3) is 10.5. The van der Waals surface area contributed by atoms with Crippen LogP contribution in [0.15, 0.2) is 30.3 Å². The van der Waals surface area contributed by atoms with Crippen molar-refractivity contribution < 1.29 is 34.2 Å². The van der Waals surface area contributed by atoms with Crippen LogP contribution in [0.4, 0.5) is 0 Å². The number of nitrogens with two attached hydrogens (primary N) is 2. The second kappa shape index (κ2) is 14.0. The Bertz CT molecular complexity index is 892. The summed E-state index contributed by atoms with van der Waals surface area (Å²) in [4.78, 5) is 61.0. The maximum Gasteiger partial charge on any atom is 0.326 e. The molecule has 12 nitrogen and oxygen atoms in total. The Kier molecular flexibility index (Phi) is 11.8. The molecule has 1 rings (SSSR count). The van der Waals surface area contributed by atoms with E-state index in [2.05, 4.69) is 16.0 Å². The lowest BCUT2D eigenvalue weighted by Gasteiger charge is -2.26. The minimum Gasteiger partial charge on any atom is -0.480 e. The van der Waals surface area contributed by atoms with Crippen LogP contribution >= 0.6 is 0 Å². The molecule has 0 fully saturated rings. The molecule has 9 N–H and O–H groups in total. The van der Waals surface area contributed by atoms with Crippen molar-refractivity contribution in [1.82, 2.24) is 16.0 Å². The lowest BCUT2D eigenvalue weighted by molar-refractivity contribution is -0.143. The molecule has 0 saturated carbocycles. The molecule has 4 amide bonds. The molecular formula is C23H35N5O7. The normalized spacial score (nSPS) is 15.3. The number of carboxylic acids is 1. The average molecular weight is 494 g/mol. The van der Waals surface area contributed by atoms with Gasteiger partial charge in [-0.05, 0) is 31.2 Å². The summed E-state index contributed by atoms with van der Waals surface area (Å²) in [5.74, 6) is -4.86. The van der Waals surface area contributed by atoms with E-state index in [0.717, 1.165) is 5.56 Å². The fraction of sp³-hybridized carbons (Fsp3) is 0.522. The summed E-state index contributed by atoms with van der Waals surface area (Å²) in [6, 6.07) is 3.61. The summed E-state index contributed by atoms with van der Waals surface area (Å²) < 4.78 is 0. The zero-order chi connectivity index (χ0) is 26.7. The number of carboxylic acid groups (broad SMARTS) is 1. The average Bonchev–Trinajstić information content (AvgIpc) is 2.75. The molecule has 0 aliphatic rings. The number of amides is 4. The van der Waals surface area contributed by atoms with Gasteiger partial charge < -0.3 is 37.6 Å². The molecule has 0 aliphatic carbocycles. The summed E-state index contributed by atoms with van der Waals surface area (Å²) in [6.07, 6.45) is -1.71. The minimum absolute atomic E-state index is 0.0498. The summed E-state index contributed by atoms with van der Waals surface area (Å²) in [6.45, 7) is 4.77. The standard InChI is InChI=1S/C23H35N5O7/c1-12(2)9-17(23(34)35)27-22(33)19(13(3)29)28-21(32)16(11-18(25)30)26-20(31)15(24)10-14-7-5-4-6-8-14/h4-8,12-13,15-17,19,29H,9-11,24H2,1-3H3,(H2,25,30)(H,26,31)(H,27,33)(H,28,32)(H,34,35). The number of carbonyl (C=O) groups excluding carboxylic acids is 4. The van der Waals surface area contributed by atoms with Crippen molar-refractivity contribution in [2.45, 2.75) is 70.3 Å². The second-order valence-corrected chi connectivity index (χ2v) is 8.78. The Balaban J connectivity index is 2.93. The van der Waals surface area contributed by atoms with E-state index in [9.17, 15) is 34.2 Å². The van der Waals surface area contributed by atoms with E-state index in [1.165, 1.54) is 6.92 Å². The Morgan fingerprint density at radius 1 is 0.886 bits per heavy atom. The summed E-state index contributed by atoms with van der Waals surface area (Å²) in [5, 5.41) is 26.3. The number of primary amides is 1. The topological polar surface area (TPSA) is 214 Å². The summed E-state index contributed by atoms with van der Waals surface area (Å²) in [5.41, 5.74) is 11.9. The molecule has 0 aromatic heterocycles. The smallest absolute Gasteiger partial charge is 0.326 e. The second-order valence-electron chi connectivity index (χ2n) is 8.78. The van der Waals surface area contributed by atoms with Crippen molar-refractivity contribution in [2.75, 3.05) is 0 Å². The predicted octanol–water partition coefficient (Wildman–Crippen LogP) is -1.60. The van der Waals surface area contributed by atoms with E-state index >= 15 is 0 Å². The van der Waals surface area contributed by atoms with Gasteiger partial charge in [0.1, 0.15) is 18.1 Å². The van der Waals surface area contributed by atoms with E-state index in [1.807, 2.05) is 0 Å². The Morgan fingerprint density at radius 3 is 1.94 bits per heavy atom. The molecule has 0 radical (unpaired) electrons. The Hall–Kier alpha value is -3.51. The maximum absolute atomic E-state index is 12.8. The van der Waals surface area contributed by atoms with Gasteiger partial charge in [-0.1, -0.05) is 44.2 Å². The molecule has 0 aliphatic heterocycles. The summed E-state index contributed by atoms with van der Waals surface area (Å²) in [7, 11) is 0. The lowest BCUT2D eigenvalue weighted by atomic mass is 10.0. The lowest BCUT2D eigenvalue weighted by Crippen LogP contribution is -2.60. The number of hydrogen-bond acceptors (Lipinski definition) is 7. The molecule has 0 spiro atoms. The van der Waals surface area contributed by atoms with Crippen molar-refractivity contribution in [2.24, 2.45) is 17.4 Å². The fourth-order valence-electron chi connectivity index (χ4n) is 3.26. The third-order valence-corrected chi connectivity index (χ3v) is 5.06. The quantitative estimate of drug-likeness (QED) is 0.160. The van der Waals surface area contributed by atoms with E-state index in [4.69, 9.17) is 11.5 Å². The molecule has 1 aromatic rings. The Labute approximate surface area is 203 Å². The van der Waals surface area contributed by atoms with Crippen molar-refractivity contribution >= 4 is 29.6 Å². The van der Waals surface area contributed by atoms with Crippen LogP contribution < -0.4 is 27.4 Å². The number of aliphatic hydroxyl groups is 1. The van der Waals surface area contributed by atoms with E-state index in [-0.39, 0.29) is 18.8 Å². The molecule has 0 bridgehead atoms. The molecule has 5 atom stereocenters. The number of rotatable bonds is 14. The third-order valence-electron chi connectivity index (χ3n) is 5.06.